The van der Waals surface area contributed by atoms with Crippen molar-refractivity contribution in [2.45, 2.75) is 39.3 Å². The van der Waals surface area contributed by atoms with E-state index in [2.05, 4.69) is 6.92 Å². The number of hydrogen-bond donors (Lipinski definition) is 1. The number of unbranched alkanes of at least 4 members (excludes halogenated alkanes) is 1. The smallest absolute Gasteiger partial charge is 0.296 e. The minimum Gasteiger partial charge on any atom is -0.507 e. The number of aliphatic hydroxyl groups is 1. The number of amides is 1. The third-order valence-electron chi connectivity index (χ3n) is 5.71. The molecule has 1 aliphatic heterocycles. The van der Waals surface area contributed by atoms with Gasteiger partial charge in [0.25, 0.3) is 11.7 Å². The quantitative estimate of drug-likeness (QED) is 0.218. The van der Waals surface area contributed by atoms with Crippen molar-refractivity contribution in [1.29, 1.82) is 0 Å². The van der Waals surface area contributed by atoms with E-state index in [1.165, 1.54) is 11.2 Å². The summed E-state index contributed by atoms with van der Waals surface area (Å²) in [5.41, 5.74) is 2.28. The molecule has 2 heterocycles. The number of likely N-dealkylation sites (tertiary alicyclic amines) is 1. The van der Waals surface area contributed by atoms with E-state index in [1.54, 1.807) is 36.4 Å². The molecule has 1 aliphatic rings. The molecule has 0 aliphatic carbocycles. The van der Waals surface area contributed by atoms with E-state index in [1.807, 2.05) is 31.2 Å². The summed E-state index contributed by atoms with van der Waals surface area (Å²) in [5, 5.41) is 11.2. The molecule has 0 spiro atoms. The molecule has 3 aromatic rings. The van der Waals surface area contributed by atoms with Crippen LogP contribution in [0.5, 0.6) is 5.75 Å². The first-order valence-corrected chi connectivity index (χ1v) is 11.1. The molecule has 6 heteroatoms. The van der Waals surface area contributed by atoms with Crippen LogP contribution in [-0.4, -0.2) is 28.3 Å². The Bertz CT molecular complexity index is 1160. The molecular weight excluding hydrogens is 418 g/mol. The van der Waals surface area contributed by atoms with E-state index in [4.69, 9.17) is 9.15 Å². The van der Waals surface area contributed by atoms with Crippen molar-refractivity contribution in [1.82, 2.24) is 4.90 Å². The summed E-state index contributed by atoms with van der Waals surface area (Å²) < 4.78 is 11.2. The first-order valence-electron chi connectivity index (χ1n) is 11.1. The van der Waals surface area contributed by atoms with Gasteiger partial charge >= 0.3 is 0 Å². The fourth-order valence-electron chi connectivity index (χ4n) is 3.93. The van der Waals surface area contributed by atoms with Crippen LogP contribution in [0, 0.1) is 6.92 Å². The number of ether oxygens (including phenoxy) is 1. The predicted octanol–water partition coefficient (Wildman–Crippen LogP) is 5.39. The van der Waals surface area contributed by atoms with Crippen molar-refractivity contribution in [3.05, 3.63) is 95.0 Å². The topological polar surface area (TPSA) is 80.0 Å². The van der Waals surface area contributed by atoms with Gasteiger partial charge in [0.2, 0.25) is 0 Å². The van der Waals surface area contributed by atoms with Crippen LogP contribution in [0.4, 0.5) is 0 Å². The summed E-state index contributed by atoms with van der Waals surface area (Å²) in [6.07, 6.45) is 3.45. The largest absolute Gasteiger partial charge is 0.507 e. The number of hydrogen-bond acceptors (Lipinski definition) is 5. The lowest BCUT2D eigenvalue weighted by molar-refractivity contribution is -0.140. The number of ketones is 1. The van der Waals surface area contributed by atoms with Crippen molar-refractivity contribution < 1.29 is 23.8 Å². The third kappa shape index (κ3) is 4.70. The van der Waals surface area contributed by atoms with Crippen LogP contribution in [0.15, 0.2) is 76.9 Å². The van der Waals surface area contributed by atoms with Gasteiger partial charge in [0.05, 0.1) is 31.0 Å². The zero-order valence-corrected chi connectivity index (χ0v) is 18.8. The minimum atomic E-state index is -0.736. The number of nitrogens with zero attached hydrogens (tertiary/aromatic N) is 1. The first kappa shape index (κ1) is 22.4. The van der Waals surface area contributed by atoms with E-state index in [0.29, 0.717) is 23.7 Å². The number of rotatable bonds is 8. The Morgan fingerprint density at radius 3 is 2.58 bits per heavy atom. The van der Waals surface area contributed by atoms with Gasteiger partial charge in [-0.05, 0) is 43.2 Å². The number of aliphatic hydroxyl groups excluding tert-OH is 1. The van der Waals surface area contributed by atoms with Crippen molar-refractivity contribution in [3.8, 4) is 5.75 Å². The Labute approximate surface area is 193 Å². The highest BCUT2D eigenvalue weighted by atomic mass is 16.5. The van der Waals surface area contributed by atoms with Crippen molar-refractivity contribution >= 4 is 17.4 Å². The lowest BCUT2D eigenvalue weighted by Crippen LogP contribution is -2.29. The van der Waals surface area contributed by atoms with Crippen LogP contribution in [0.3, 0.4) is 0 Å². The lowest BCUT2D eigenvalue weighted by atomic mass is 9.94. The summed E-state index contributed by atoms with van der Waals surface area (Å²) in [5.74, 6) is -0.456. The van der Waals surface area contributed by atoms with Gasteiger partial charge < -0.3 is 19.2 Å². The summed E-state index contributed by atoms with van der Waals surface area (Å²) in [6.45, 7) is 4.73. The van der Waals surface area contributed by atoms with Gasteiger partial charge in [-0.1, -0.05) is 55.3 Å². The maximum atomic E-state index is 13.1. The van der Waals surface area contributed by atoms with Crippen LogP contribution in [0.1, 0.15) is 48.3 Å². The molecule has 1 unspecified atom stereocenters. The second-order valence-electron chi connectivity index (χ2n) is 8.15. The maximum Gasteiger partial charge on any atom is 0.296 e. The van der Waals surface area contributed by atoms with E-state index in [-0.39, 0.29) is 17.9 Å². The highest BCUT2D eigenvalue weighted by Crippen LogP contribution is 2.40. The average molecular weight is 446 g/mol. The summed E-state index contributed by atoms with van der Waals surface area (Å²) >= 11 is 0. The van der Waals surface area contributed by atoms with Gasteiger partial charge in [-0.3, -0.25) is 9.59 Å². The monoisotopic (exact) mass is 445 g/mol. The standard InChI is InChI=1S/C27H27NO5/c1-3-4-14-32-21-8-5-7-20(16-21)25(29)23-24(19-12-10-18(2)11-13-19)28(27(31)26(23)30)17-22-9-6-15-33-22/h5-13,15-16,24,29H,3-4,14,17H2,1-2H3. The third-order valence-corrected chi connectivity index (χ3v) is 5.71. The Hall–Kier alpha value is -3.80. The SMILES string of the molecule is CCCCOc1cccc(C(O)=C2C(=O)C(=O)N(Cc3ccco3)C2c2ccc(C)cc2)c1. The molecule has 170 valence electrons. The van der Waals surface area contributed by atoms with Crippen LogP contribution in [0.25, 0.3) is 5.76 Å². The molecule has 1 atom stereocenters. The molecule has 0 radical (unpaired) electrons. The number of aryl methyl sites for hydroxylation is 1. The van der Waals surface area contributed by atoms with Crippen molar-refractivity contribution in [2.24, 2.45) is 0 Å². The zero-order valence-electron chi connectivity index (χ0n) is 18.8. The normalized spacial score (nSPS) is 17.5. The molecule has 1 aromatic heterocycles. The van der Waals surface area contributed by atoms with Crippen molar-refractivity contribution in [2.75, 3.05) is 6.61 Å². The first-order chi connectivity index (χ1) is 16.0. The molecule has 1 fully saturated rings. The molecule has 2 aromatic carbocycles. The second-order valence-corrected chi connectivity index (χ2v) is 8.15. The van der Waals surface area contributed by atoms with Gasteiger partial charge in [-0.2, -0.15) is 0 Å². The van der Waals surface area contributed by atoms with E-state index in [9.17, 15) is 14.7 Å². The highest BCUT2D eigenvalue weighted by molar-refractivity contribution is 6.46. The molecule has 4 rings (SSSR count). The fourth-order valence-corrected chi connectivity index (χ4v) is 3.93. The lowest BCUT2D eigenvalue weighted by Gasteiger charge is -2.24. The fraction of sp³-hybridized carbons (Fsp3) is 0.259. The number of carbonyl (C=O) groups is 2. The molecule has 0 saturated carbocycles. The summed E-state index contributed by atoms with van der Waals surface area (Å²) in [4.78, 5) is 27.6. The van der Waals surface area contributed by atoms with Crippen LogP contribution >= 0.6 is 0 Å². The van der Waals surface area contributed by atoms with Gasteiger partial charge in [0.15, 0.2) is 0 Å². The Kier molecular flexibility index (Phi) is 6.63. The van der Waals surface area contributed by atoms with E-state index in [0.717, 1.165) is 24.0 Å². The molecule has 33 heavy (non-hydrogen) atoms. The van der Waals surface area contributed by atoms with Crippen LogP contribution in [0.2, 0.25) is 0 Å². The van der Waals surface area contributed by atoms with E-state index >= 15 is 0 Å². The Morgan fingerprint density at radius 2 is 1.88 bits per heavy atom. The predicted molar refractivity (Wildman–Crippen MR) is 125 cm³/mol. The molecular formula is C27H27NO5. The minimum absolute atomic E-state index is 0.0566. The highest BCUT2D eigenvalue weighted by Gasteiger charge is 2.46. The average Bonchev–Trinajstić information content (AvgIpc) is 3.42. The van der Waals surface area contributed by atoms with E-state index < -0.39 is 17.7 Å². The molecule has 1 saturated heterocycles. The number of furan rings is 1. The number of carbonyl (C=O) groups excluding carboxylic acids is 2. The van der Waals surface area contributed by atoms with Crippen molar-refractivity contribution in [3.63, 3.8) is 0 Å². The molecule has 0 bridgehead atoms. The van der Waals surface area contributed by atoms with Crippen LogP contribution in [-0.2, 0) is 16.1 Å². The van der Waals surface area contributed by atoms with Gasteiger partial charge in [0, 0.05) is 5.56 Å². The number of Topliss-reactive ketones (excluding diaryl/α,β-unsaturated/α-hetero) is 1. The zero-order chi connectivity index (χ0) is 23.4. The van der Waals surface area contributed by atoms with Gasteiger partial charge in [-0.15, -0.1) is 0 Å². The second kappa shape index (κ2) is 9.77. The van der Waals surface area contributed by atoms with Gasteiger partial charge in [-0.25, -0.2) is 0 Å². The maximum absolute atomic E-state index is 13.1. The molecule has 1 N–H and O–H groups in total. The summed E-state index contributed by atoms with van der Waals surface area (Å²) in [6, 6.07) is 17.3. The summed E-state index contributed by atoms with van der Waals surface area (Å²) in [7, 11) is 0. The number of benzene rings is 2. The Balaban J connectivity index is 1.78. The molecule has 1 amide bonds. The van der Waals surface area contributed by atoms with Gasteiger partial charge in [0.1, 0.15) is 17.3 Å². The Morgan fingerprint density at radius 1 is 1.09 bits per heavy atom. The van der Waals surface area contributed by atoms with Crippen LogP contribution < -0.4 is 4.74 Å². The molecule has 6 nitrogen and oxygen atoms in total.